The van der Waals surface area contributed by atoms with Crippen LogP contribution in [0.2, 0.25) is 0 Å². The fourth-order valence-electron chi connectivity index (χ4n) is 4.96. The van der Waals surface area contributed by atoms with E-state index < -0.39 is 0 Å². The lowest BCUT2D eigenvalue weighted by Gasteiger charge is -2.49. The highest BCUT2D eigenvalue weighted by Gasteiger charge is 2.53. The van der Waals surface area contributed by atoms with Crippen LogP contribution < -0.4 is 10.5 Å². The molecule has 0 bridgehead atoms. The summed E-state index contributed by atoms with van der Waals surface area (Å²) >= 11 is 0. The number of hydrogen-bond acceptors (Lipinski definition) is 4. The Morgan fingerprint density at radius 1 is 1.17 bits per heavy atom. The largest absolute Gasteiger partial charge is 0.493 e. The van der Waals surface area contributed by atoms with Crippen molar-refractivity contribution in [2.75, 3.05) is 25.6 Å². The number of aryl methyl sites for hydroxylation is 1. The van der Waals surface area contributed by atoms with E-state index in [1.807, 2.05) is 6.07 Å². The predicted molar refractivity (Wildman–Crippen MR) is 89.6 cm³/mol. The Bertz CT molecular complexity index is 609. The predicted octanol–water partition coefficient (Wildman–Crippen LogP) is 3.55. The zero-order valence-corrected chi connectivity index (χ0v) is 14.2. The molecule has 1 aromatic carbocycles. The molecule has 4 rings (SSSR count). The van der Waals surface area contributed by atoms with Crippen molar-refractivity contribution in [3.8, 4) is 5.75 Å². The number of fused-ring (bicyclic) bond motifs is 3. The summed E-state index contributed by atoms with van der Waals surface area (Å²) in [5, 5.41) is 0. The molecule has 2 N–H and O–H groups in total. The molecule has 0 radical (unpaired) electrons. The number of anilines is 1. The molecular weight excluding hydrogens is 290 g/mol. The standard InChI is InChI=1S/C19H27NO3/c1-3-18-5-6-19(22-8-9-23-19)12-14(18)4-7-21-17-11-16(20)13(2)10-15(17)18/h10-11,14H,3-9,12,20H2,1-2H3/t14-,18+/m0/s1. The molecule has 1 saturated carbocycles. The molecule has 1 aromatic rings. The van der Waals surface area contributed by atoms with Crippen molar-refractivity contribution < 1.29 is 14.2 Å². The highest BCUT2D eigenvalue weighted by Crippen LogP contribution is 2.56. The topological polar surface area (TPSA) is 53.7 Å². The first kappa shape index (κ1) is 15.3. The Morgan fingerprint density at radius 3 is 2.70 bits per heavy atom. The molecule has 2 fully saturated rings. The second kappa shape index (κ2) is 5.38. The van der Waals surface area contributed by atoms with Crippen molar-refractivity contribution >= 4 is 5.69 Å². The van der Waals surface area contributed by atoms with Crippen molar-refractivity contribution in [3.05, 3.63) is 23.3 Å². The summed E-state index contributed by atoms with van der Waals surface area (Å²) < 4.78 is 18.1. The highest BCUT2D eigenvalue weighted by molar-refractivity contribution is 5.57. The molecule has 0 unspecified atom stereocenters. The third-order valence-electron chi connectivity index (χ3n) is 6.36. The molecule has 2 atom stereocenters. The number of rotatable bonds is 1. The second-order valence-corrected chi connectivity index (χ2v) is 7.36. The Labute approximate surface area is 138 Å². The van der Waals surface area contributed by atoms with Gasteiger partial charge in [-0.3, -0.25) is 0 Å². The average Bonchev–Trinajstić information content (AvgIpc) is 2.93. The molecule has 126 valence electrons. The van der Waals surface area contributed by atoms with Gasteiger partial charge >= 0.3 is 0 Å². The molecule has 1 saturated heterocycles. The number of ether oxygens (including phenoxy) is 3. The maximum absolute atomic E-state index is 6.12. The third kappa shape index (κ3) is 2.26. The molecule has 23 heavy (non-hydrogen) atoms. The monoisotopic (exact) mass is 317 g/mol. The zero-order chi connectivity index (χ0) is 16.1. The first-order valence-electron chi connectivity index (χ1n) is 8.90. The maximum atomic E-state index is 6.12. The van der Waals surface area contributed by atoms with Crippen LogP contribution in [0.25, 0.3) is 0 Å². The summed E-state index contributed by atoms with van der Waals surface area (Å²) in [4.78, 5) is 0. The maximum Gasteiger partial charge on any atom is 0.168 e. The van der Waals surface area contributed by atoms with Crippen molar-refractivity contribution in [2.45, 2.75) is 57.2 Å². The van der Waals surface area contributed by atoms with Gasteiger partial charge in [0.25, 0.3) is 0 Å². The van der Waals surface area contributed by atoms with E-state index in [1.54, 1.807) is 0 Å². The lowest BCUT2D eigenvalue weighted by molar-refractivity contribution is -0.199. The number of nitrogens with two attached hydrogens (primary N) is 1. The van der Waals surface area contributed by atoms with Crippen LogP contribution in [-0.4, -0.2) is 25.6 Å². The van der Waals surface area contributed by atoms with E-state index in [9.17, 15) is 0 Å². The summed E-state index contributed by atoms with van der Waals surface area (Å²) in [5.41, 5.74) is 9.60. The second-order valence-electron chi connectivity index (χ2n) is 7.36. The van der Waals surface area contributed by atoms with Gasteiger partial charge in [0.05, 0.1) is 19.8 Å². The molecule has 4 heteroatoms. The van der Waals surface area contributed by atoms with E-state index in [-0.39, 0.29) is 11.2 Å². The molecule has 3 aliphatic rings. The minimum Gasteiger partial charge on any atom is -0.493 e. The molecular formula is C19H27NO3. The summed E-state index contributed by atoms with van der Waals surface area (Å²) in [6.07, 6.45) is 5.21. The first-order chi connectivity index (χ1) is 11.1. The normalized spacial score (nSPS) is 32.0. The van der Waals surface area contributed by atoms with Crippen molar-refractivity contribution in [1.82, 2.24) is 0 Å². The summed E-state index contributed by atoms with van der Waals surface area (Å²) in [6, 6.07) is 4.29. The molecule has 2 heterocycles. The highest BCUT2D eigenvalue weighted by atomic mass is 16.7. The van der Waals surface area contributed by atoms with Crippen LogP contribution in [0.1, 0.15) is 50.2 Å². The van der Waals surface area contributed by atoms with Gasteiger partial charge in [-0.05, 0) is 43.7 Å². The van der Waals surface area contributed by atoms with Gasteiger partial charge in [-0.15, -0.1) is 0 Å². The summed E-state index contributed by atoms with van der Waals surface area (Å²) in [6.45, 7) is 6.61. The lowest BCUT2D eigenvalue weighted by atomic mass is 9.59. The van der Waals surface area contributed by atoms with E-state index in [2.05, 4.69) is 19.9 Å². The van der Waals surface area contributed by atoms with Crippen molar-refractivity contribution in [1.29, 1.82) is 0 Å². The van der Waals surface area contributed by atoms with E-state index in [0.29, 0.717) is 5.92 Å². The van der Waals surface area contributed by atoms with E-state index in [4.69, 9.17) is 19.9 Å². The van der Waals surface area contributed by atoms with Crippen LogP contribution in [0, 0.1) is 12.8 Å². The van der Waals surface area contributed by atoms with Gasteiger partial charge in [0.1, 0.15) is 5.75 Å². The zero-order valence-electron chi connectivity index (χ0n) is 14.2. The number of benzene rings is 1. The minimum absolute atomic E-state index is 0.158. The van der Waals surface area contributed by atoms with Gasteiger partial charge in [0.2, 0.25) is 0 Å². The Morgan fingerprint density at radius 2 is 1.96 bits per heavy atom. The lowest BCUT2D eigenvalue weighted by Crippen LogP contribution is -2.48. The molecule has 0 aromatic heterocycles. The number of hydrogen-bond donors (Lipinski definition) is 1. The summed E-state index contributed by atoms with van der Waals surface area (Å²) in [5.74, 6) is 1.18. The van der Waals surface area contributed by atoms with E-state index in [0.717, 1.165) is 68.9 Å². The SMILES string of the molecule is CC[C@@]12CCC3(C[C@@H]1CCOc1cc(N)c(C)cc12)OCCO3. The fraction of sp³-hybridized carbons (Fsp3) is 0.684. The van der Waals surface area contributed by atoms with Gasteiger partial charge in [-0.2, -0.15) is 0 Å². The first-order valence-corrected chi connectivity index (χ1v) is 8.90. The Kier molecular flexibility index (Phi) is 3.58. The van der Waals surface area contributed by atoms with E-state index in [1.165, 1.54) is 5.56 Å². The van der Waals surface area contributed by atoms with Crippen molar-refractivity contribution in [2.24, 2.45) is 5.92 Å². The summed E-state index contributed by atoms with van der Waals surface area (Å²) in [7, 11) is 0. The molecule has 1 aliphatic carbocycles. The van der Waals surface area contributed by atoms with E-state index >= 15 is 0 Å². The van der Waals surface area contributed by atoms with Crippen LogP contribution in [0.4, 0.5) is 5.69 Å². The van der Waals surface area contributed by atoms with Gasteiger partial charge in [0.15, 0.2) is 5.79 Å². The van der Waals surface area contributed by atoms with Crippen molar-refractivity contribution in [3.63, 3.8) is 0 Å². The van der Waals surface area contributed by atoms with Crippen LogP contribution in [0.15, 0.2) is 12.1 Å². The molecule has 4 nitrogen and oxygen atoms in total. The smallest absolute Gasteiger partial charge is 0.168 e. The molecule has 0 amide bonds. The number of nitrogen functional groups attached to an aromatic ring is 1. The van der Waals surface area contributed by atoms with Crippen LogP contribution in [-0.2, 0) is 14.9 Å². The third-order valence-corrected chi connectivity index (χ3v) is 6.36. The van der Waals surface area contributed by atoms with Gasteiger partial charge in [-0.25, -0.2) is 0 Å². The quantitative estimate of drug-likeness (QED) is 0.805. The fourth-order valence-corrected chi connectivity index (χ4v) is 4.96. The van der Waals surface area contributed by atoms with Gasteiger partial charge < -0.3 is 19.9 Å². The minimum atomic E-state index is -0.337. The van der Waals surface area contributed by atoms with Gasteiger partial charge in [0, 0.05) is 35.6 Å². The molecule has 2 aliphatic heterocycles. The van der Waals surface area contributed by atoms with Crippen LogP contribution in [0.5, 0.6) is 5.75 Å². The molecule has 1 spiro atoms. The van der Waals surface area contributed by atoms with Crippen LogP contribution in [0.3, 0.4) is 0 Å². The Hall–Kier alpha value is -1.26. The van der Waals surface area contributed by atoms with Crippen LogP contribution >= 0.6 is 0 Å². The average molecular weight is 317 g/mol. The Balaban J connectivity index is 1.78. The van der Waals surface area contributed by atoms with Gasteiger partial charge in [-0.1, -0.05) is 6.92 Å².